The molecule has 4 rings (SSSR count). The van der Waals surface area contributed by atoms with Crippen LogP contribution in [0.4, 0.5) is 45.2 Å². The van der Waals surface area contributed by atoms with Crippen LogP contribution >= 0.6 is 12.4 Å². The number of rotatable bonds is 6. The number of carbonyl (C=O) groups excluding carboxylic acids is 1. The summed E-state index contributed by atoms with van der Waals surface area (Å²) in [7, 11) is 0. The Labute approximate surface area is 240 Å². The fraction of sp³-hybridized carbons (Fsp3) is 0.357. The Hall–Kier alpha value is -3.48. The molecule has 0 saturated carbocycles. The highest BCUT2D eigenvalue weighted by atomic mass is 35.5. The van der Waals surface area contributed by atoms with E-state index in [1.165, 1.54) is 23.1 Å². The average molecular weight is 627 g/mol. The number of pyridine rings is 1. The van der Waals surface area contributed by atoms with Gasteiger partial charge in [0.05, 0.1) is 11.6 Å². The molecular formula is C28H24ClF9N2O2. The molecule has 3 aromatic rings. The summed E-state index contributed by atoms with van der Waals surface area (Å²) in [6.45, 7) is 3.41. The van der Waals surface area contributed by atoms with Gasteiger partial charge in [0.2, 0.25) is 5.91 Å². The third-order valence-electron chi connectivity index (χ3n) is 6.95. The van der Waals surface area contributed by atoms with Crippen LogP contribution in [0, 0.1) is 5.92 Å². The van der Waals surface area contributed by atoms with Crippen LogP contribution in [0.5, 0.6) is 5.75 Å². The summed E-state index contributed by atoms with van der Waals surface area (Å²) in [5.74, 6) is -1.80. The van der Waals surface area contributed by atoms with E-state index in [1.807, 2.05) is 0 Å². The van der Waals surface area contributed by atoms with Crippen molar-refractivity contribution in [2.45, 2.75) is 56.9 Å². The molecule has 2 aromatic carbocycles. The summed E-state index contributed by atoms with van der Waals surface area (Å²) < 4.78 is 121. The van der Waals surface area contributed by atoms with Crippen molar-refractivity contribution in [1.82, 2.24) is 4.98 Å². The second-order valence-electron chi connectivity index (χ2n) is 10.3. The Morgan fingerprint density at radius 3 is 2.00 bits per heavy atom. The molecule has 1 aliphatic heterocycles. The molecule has 228 valence electrons. The maximum atomic E-state index is 13.7. The van der Waals surface area contributed by atoms with E-state index in [4.69, 9.17) is 0 Å². The van der Waals surface area contributed by atoms with Crippen LogP contribution in [0.2, 0.25) is 0 Å². The number of carbonyl (C=O) groups is 1. The number of benzene rings is 2. The van der Waals surface area contributed by atoms with E-state index in [-0.39, 0.29) is 36.5 Å². The first-order valence-electron chi connectivity index (χ1n) is 12.2. The van der Waals surface area contributed by atoms with Crippen molar-refractivity contribution in [3.63, 3.8) is 0 Å². The van der Waals surface area contributed by atoms with Crippen LogP contribution in [0.15, 0.2) is 66.9 Å². The molecule has 0 bridgehead atoms. The quantitative estimate of drug-likeness (QED) is 0.257. The molecule has 1 fully saturated rings. The lowest BCUT2D eigenvalue weighted by Gasteiger charge is -2.28. The normalized spacial score (nSPS) is 18.2. The summed E-state index contributed by atoms with van der Waals surface area (Å²) in [4.78, 5) is 18.4. The molecule has 0 spiro atoms. The number of aromatic nitrogens is 1. The smallest absolute Gasteiger partial charge is 0.406 e. The zero-order chi connectivity index (χ0) is 30.4. The summed E-state index contributed by atoms with van der Waals surface area (Å²) in [5, 5.41) is 0. The summed E-state index contributed by atoms with van der Waals surface area (Å²) in [5.41, 5.74) is -2.10. The van der Waals surface area contributed by atoms with Crippen molar-refractivity contribution >= 4 is 24.0 Å². The monoisotopic (exact) mass is 626 g/mol. The highest BCUT2D eigenvalue weighted by Crippen LogP contribution is 2.46. The van der Waals surface area contributed by atoms with E-state index in [0.29, 0.717) is 5.56 Å². The minimum Gasteiger partial charge on any atom is -0.406 e. The molecule has 2 atom stereocenters. The summed E-state index contributed by atoms with van der Waals surface area (Å²) in [6, 6.07) is 10.0. The molecule has 1 amide bonds. The minimum atomic E-state index is -4.97. The highest BCUT2D eigenvalue weighted by Gasteiger charge is 2.44. The summed E-state index contributed by atoms with van der Waals surface area (Å²) >= 11 is 0. The Kier molecular flexibility index (Phi) is 9.17. The zero-order valence-corrected chi connectivity index (χ0v) is 22.8. The first kappa shape index (κ1) is 33.0. The molecular weight excluding hydrogens is 603 g/mol. The van der Waals surface area contributed by atoms with Crippen molar-refractivity contribution in [1.29, 1.82) is 0 Å². The van der Waals surface area contributed by atoms with Crippen molar-refractivity contribution in [2.24, 2.45) is 5.92 Å². The topological polar surface area (TPSA) is 42.4 Å². The first-order chi connectivity index (χ1) is 18.8. The van der Waals surface area contributed by atoms with Gasteiger partial charge in [0.15, 0.2) is 0 Å². The number of alkyl halides is 9. The van der Waals surface area contributed by atoms with Crippen LogP contribution in [0.3, 0.4) is 0 Å². The number of nitrogens with zero attached hydrogens (tertiary/aromatic N) is 2. The largest absolute Gasteiger partial charge is 0.573 e. The van der Waals surface area contributed by atoms with Crippen LogP contribution in [0.1, 0.15) is 55.1 Å². The van der Waals surface area contributed by atoms with Gasteiger partial charge in [-0.2, -0.15) is 26.3 Å². The molecule has 14 heteroatoms. The number of hydrogen-bond donors (Lipinski definition) is 0. The Balaban J connectivity index is 0.00000484. The van der Waals surface area contributed by atoms with Crippen molar-refractivity contribution in [3.05, 3.63) is 89.2 Å². The predicted octanol–water partition coefficient (Wildman–Crippen LogP) is 8.90. The first-order valence-corrected chi connectivity index (χ1v) is 12.2. The van der Waals surface area contributed by atoms with E-state index in [9.17, 15) is 44.3 Å². The number of amides is 1. The Morgan fingerprint density at radius 1 is 0.857 bits per heavy atom. The molecule has 2 heterocycles. The standard InChI is InChI=1S/C28H23F9N2O2.ClH/c1-25(2,19-8-11-23(38-15-19)27(32,33)34)14-17-13-22(16-4-3-5-21(12-16)41-28(35,36)37)39(24(17)40)20-9-6-18(7-10-20)26(29,30)31;/h3-12,15,17,22H,13-14H2,1-2H3;1H/t17-,22+;/m0./s1. The second-order valence-corrected chi connectivity index (χ2v) is 10.3. The number of anilines is 1. The third kappa shape index (κ3) is 7.47. The lowest BCUT2D eigenvalue weighted by Crippen LogP contribution is -2.31. The van der Waals surface area contributed by atoms with E-state index in [0.717, 1.165) is 48.7 Å². The number of hydrogen-bond acceptors (Lipinski definition) is 3. The predicted molar refractivity (Wildman–Crippen MR) is 137 cm³/mol. The van der Waals surface area contributed by atoms with Gasteiger partial charge >= 0.3 is 18.7 Å². The fourth-order valence-corrected chi connectivity index (χ4v) is 5.01. The lowest BCUT2D eigenvalue weighted by atomic mass is 9.76. The van der Waals surface area contributed by atoms with Gasteiger partial charge in [-0.1, -0.05) is 32.0 Å². The highest BCUT2D eigenvalue weighted by molar-refractivity contribution is 5.98. The van der Waals surface area contributed by atoms with E-state index >= 15 is 0 Å². The molecule has 1 aromatic heterocycles. The molecule has 0 aliphatic carbocycles. The van der Waals surface area contributed by atoms with E-state index in [2.05, 4.69) is 9.72 Å². The van der Waals surface area contributed by atoms with Gasteiger partial charge < -0.3 is 9.64 Å². The van der Waals surface area contributed by atoms with E-state index in [1.54, 1.807) is 13.8 Å². The van der Waals surface area contributed by atoms with Crippen LogP contribution in [-0.4, -0.2) is 17.3 Å². The van der Waals surface area contributed by atoms with Crippen LogP contribution < -0.4 is 9.64 Å². The molecule has 1 aliphatic rings. The Morgan fingerprint density at radius 2 is 1.48 bits per heavy atom. The number of ether oxygens (including phenoxy) is 1. The van der Waals surface area contributed by atoms with Crippen LogP contribution in [0.25, 0.3) is 0 Å². The van der Waals surface area contributed by atoms with Crippen molar-refractivity contribution in [2.75, 3.05) is 4.90 Å². The van der Waals surface area contributed by atoms with Crippen molar-refractivity contribution in [3.8, 4) is 5.75 Å². The molecule has 0 unspecified atom stereocenters. The second kappa shape index (κ2) is 11.7. The van der Waals surface area contributed by atoms with Gasteiger partial charge in [0.25, 0.3) is 0 Å². The van der Waals surface area contributed by atoms with Gasteiger partial charge in [-0.15, -0.1) is 25.6 Å². The summed E-state index contributed by atoms with van der Waals surface area (Å²) in [6.07, 6.45) is -13.0. The molecule has 0 radical (unpaired) electrons. The molecule has 4 nitrogen and oxygen atoms in total. The fourth-order valence-electron chi connectivity index (χ4n) is 5.01. The minimum absolute atomic E-state index is 0. The van der Waals surface area contributed by atoms with Crippen molar-refractivity contribution < 1.29 is 49.0 Å². The Bertz CT molecular complexity index is 1390. The molecule has 0 N–H and O–H groups in total. The average Bonchev–Trinajstić information content (AvgIpc) is 3.17. The maximum Gasteiger partial charge on any atom is 0.573 e. The van der Waals surface area contributed by atoms with Gasteiger partial charge in [0.1, 0.15) is 11.4 Å². The maximum absolute atomic E-state index is 13.7. The van der Waals surface area contributed by atoms with Crippen LogP contribution in [-0.2, 0) is 22.6 Å². The number of halogens is 10. The van der Waals surface area contributed by atoms with Gasteiger partial charge in [-0.25, -0.2) is 0 Å². The molecule has 1 saturated heterocycles. The molecule has 42 heavy (non-hydrogen) atoms. The lowest BCUT2D eigenvalue weighted by molar-refractivity contribution is -0.274. The van der Waals surface area contributed by atoms with E-state index < -0.39 is 59.0 Å². The SMILES string of the molecule is CC(C)(C[C@@H]1C[C@H](c2cccc(OC(F)(F)F)c2)N(c2ccc(C(F)(F)F)cc2)C1=O)c1ccc(C(F)(F)F)nc1.Cl. The van der Waals surface area contributed by atoms with Gasteiger partial charge in [-0.05, 0) is 71.8 Å². The van der Waals surface area contributed by atoms with Gasteiger partial charge in [0, 0.05) is 17.8 Å². The zero-order valence-electron chi connectivity index (χ0n) is 21.9. The van der Waals surface area contributed by atoms with Gasteiger partial charge in [-0.3, -0.25) is 9.78 Å². The third-order valence-corrected chi connectivity index (χ3v) is 6.95.